The molecular formula is C18H25N5O2. The van der Waals surface area contributed by atoms with Crippen molar-refractivity contribution in [1.82, 2.24) is 20.4 Å². The van der Waals surface area contributed by atoms with Crippen LogP contribution in [0.15, 0.2) is 29.0 Å². The topological polar surface area (TPSA) is 107 Å². The van der Waals surface area contributed by atoms with Gasteiger partial charge in [-0.15, -0.1) is 0 Å². The maximum Gasteiger partial charge on any atom is 0.249 e. The van der Waals surface area contributed by atoms with E-state index in [9.17, 15) is 4.79 Å². The highest BCUT2D eigenvalue weighted by Crippen LogP contribution is 2.27. The Morgan fingerprint density at radius 1 is 1.40 bits per heavy atom. The van der Waals surface area contributed by atoms with Crippen LogP contribution in [-0.2, 0) is 4.79 Å². The van der Waals surface area contributed by atoms with Gasteiger partial charge in [0.25, 0.3) is 0 Å². The molecule has 2 heterocycles. The van der Waals surface area contributed by atoms with Crippen LogP contribution >= 0.6 is 0 Å². The Balaban J connectivity index is 1.73. The van der Waals surface area contributed by atoms with Crippen LogP contribution in [0.4, 0.5) is 0 Å². The largest absolute Gasteiger partial charge is 0.344 e. The maximum atomic E-state index is 12.6. The number of hydrogen-bond donors (Lipinski definition) is 2. The summed E-state index contributed by atoms with van der Waals surface area (Å²) in [5.41, 5.74) is 6.79. The predicted molar refractivity (Wildman–Crippen MR) is 93.2 cm³/mol. The molecule has 7 heteroatoms. The van der Waals surface area contributed by atoms with Crippen molar-refractivity contribution < 1.29 is 9.32 Å². The van der Waals surface area contributed by atoms with Crippen molar-refractivity contribution in [2.75, 3.05) is 0 Å². The molecule has 2 aromatic rings. The van der Waals surface area contributed by atoms with Gasteiger partial charge in [-0.3, -0.25) is 9.78 Å². The van der Waals surface area contributed by atoms with E-state index in [4.69, 9.17) is 10.3 Å². The van der Waals surface area contributed by atoms with Gasteiger partial charge in [0, 0.05) is 29.9 Å². The van der Waals surface area contributed by atoms with Crippen molar-refractivity contribution in [3.05, 3.63) is 30.4 Å². The number of nitrogens with zero attached hydrogens (tertiary/aromatic N) is 3. The zero-order chi connectivity index (χ0) is 17.8. The first-order valence-corrected chi connectivity index (χ1v) is 8.84. The van der Waals surface area contributed by atoms with E-state index in [2.05, 4.69) is 20.4 Å². The quantitative estimate of drug-likeness (QED) is 0.863. The van der Waals surface area contributed by atoms with E-state index >= 15 is 0 Å². The van der Waals surface area contributed by atoms with Crippen LogP contribution in [0.2, 0.25) is 0 Å². The fourth-order valence-electron chi connectivity index (χ4n) is 3.22. The van der Waals surface area contributed by atoms with Crippen molar-refractivity contribution >= 4 is 5.91 Å². The molecule has 1 fully saturated rings. The van der Waals surface area contributed by atoms with Crippen molar-refractivity contribution in [3.8, 4) is 11.4 Å². The monoisotopic (exact) mass is 343 g/mol. The van der Waals surface area contributed by atoms with Crippen LogP contribution in [0.1, 0.15) is 51.5 Å². The SMILES string of the molecule is CC(C)C(NC(=O)C1CCCC(N)C1)c1nc(-c2cccnc2)no1. The lowest BCUT2D eigenvalue weighted by Gasteiger charge is -2.28. The lowest BCUT2D eigenvalue weighted by Crippen LogP contribution is -2.40. The molecule has 0 bridgehead atoms. The molecular weight excluding hydrogens is 318 g/mol. The standard InChI is InChI=1S/C18H25N5O2/c1-11(2)15(21-17(24)12-5-3-7-14(19)9-12)18-22-16(23-25-18)13-6-4-8-20-10-13/h4,6,8,10-12,14-15H,3,5,7,9,19H2,1-2H3,(H,21,24). The van der Waals surface area contributed by atoms with Gasteiger partial charge in [-0.25, -0.2) is 0 Å². The smallest absolute Gasteiger partial charge is 0.249 e. The Morgan fingerprint density at radius 2 is 2.24 bits per heavy atom. The van der Waals surface area contributed by atoms with Crippen LogP contribution in [0.3, 0.4) is 0 Å². The number of amides is 1. The van der Waals surface area contributed by atoms with Gasteiger partial charge in [-0.05, 0) is 37.3 Å². The Hall–Kier alpha value is -2.28. The second-order valence-corrected chi connectivity index (χ2v) is 7.05. The van der Waals surface area contributed by atoms with Gasteiger partial charge >= 0.3 is 0 Å². The molecule has 3 unspecified atom stereocenters. The van der Waals surface area contributed by atoms with Crippen molar-refractivity contribution in [2.45, 2.75) is 51.6 Å². The van der Waals surface area contributed by atoms with Crippen LogP contribution in [-0.4, -0.2) is 27.1 Å². The lowest BCUT2D eigenvalue weighted by atomic mass is 9.85. The molecule has 1 aliphatic rings. The summed E-state index contributed by atoms with van der Waals surface area (Å²) in [7, 11) is 0. The minimum Gasteiger partial charge on any atom is -0.344 e. The fourth-order valence-corrected chi connectivity index (χ4v) is 3.22. The molecule has 134 valence electrons. The molecule has 0 aromatic carbocycles. The number of pyridine rings is 1. The number of aromatic nitrogens is 3. The average molecular weight is 343 g/mol. The van der Waals surface area contributed by atoms with E-state index in [1.807, 2.05) is 26.0 Å². The minimum absolute atomic E-state index is 0.0231. The van der Waals surface area contributed by atoms with Crippen molar-refractivity contribution in [3.63, 3.8) is 0 Å². The highest BCUT2D eigenvalue weighted by molar-refractivity contribution is 5.79. The van der Waals surface area contributed by atoms with Gasteiger partial charge < -0.3 is 15.6 Å². The summed E-state index contributed by atoms with van der Waals surface area (Å²) < 4.78 is 5.42. The Bertz CT molecular complexity index is 701. The molecule has 0 saturated heterocycles. The number of nitrogens with two attached hydrogens (primary N) is 1. The number of nitrogens with one attached hydrogen (secondary N) is 1. The number of hydrogen-bond acceptors (Lipinski definition) is 6. The van der Waals surface area contributed by atoms with Crippen LogP contribution in [0.25, 0.3) is 11.4 Å². The van der Waals surface area contributed by atoms with Crippen molar-refractivity contribution in [2.24, 2.45) is 17.6 Å². The first-order valence-electron chi connectivity index (χ1n) is 8.84. The number of carbonyl (C=O) groups excluding carboxylic acids is 1. The van der Waals surface area contributed by atoms with E-state index in [1.165, 1.54) is 0 Å². The summed E-state index contributed by atoms with van der Waals surface area (Å²) in [4.78, 5) is 21.2. The van der Waals surface area contributed by atoms with E-state index in [1.54, 1.807) is 12.4 Å². The summed E-state index contributed by atoms with van der Waals surface area (Å²) in [6.45, 7) is 4.04. The van der Waals surface area contributed by atoms with Crippen LogP contribution in [0.5, 0.6) is 0 Å². The third-order valence-corrected chi connectivity index (χ3v) is 4.68. The predicted octanol–water partition coefficient (Wildman–Crippen LogP) is 2.46. The molecule has 3 N–H and O–H groups in total. The van der Waals surface area contributed by atoms with Crippen LogP contribution < -0.4 is 11.1 Å². The van der Waals surface area contributed by atoms with Gasteiger partial charge in [0.2, 0.25) is 17.6 Å². The Labute approximate surface area is 147 Å². The highest BCUT2D eigenvalue weighted by atomic mass is 16.5. The molecule has 7 nitrogen and oxygen atoms in total. The molecule has 0 aliphatic heterocycles. The number of rotatable bonds is 5. The van der Waals surface area contributed by atoms with Crippen molar-refractivity contribution in [1.29, 1.82) is 0 Å². The van der Waals surface area contributed by atoms with E-state index in [-0.39, 0.29) is 29.8 Å². The summed E-state index contributed by atoms with van der Waals surface area (Å²) >= 11 is 0. The van der Waals surface area contributed by atoms with Gasteiger partial charge in [0.05, 0.1) is 0 Å². The van der Waals surface area contributed by atoms with Gasteiger partial charge in [0.15, 0.2) is 0 Å². The first kappa shape index (κ1) is 17.5. The highest BCUT2D eigenvalue weighted by Gasteiger charge is 2.30. The molecule has 25 heavy (non-hydrogen) atoms. The minimum atomic E-state index is -0.316. The molecule has 0 radical (unpaired) electrons. The summed E-state index contributed by atoms with van der Waals surface area (Å²) in [5, 5.41) is 7.11. The van der Waals surface area contributed by atoms with Crippen LogP contribution in [0, 0.1) is 11.8 Å². The Kier molecular flexibility index (Phi) is 5.43. The van der Waals surface area contributed by atoms with Gasteiger partial charge in [-0.1, -0.05) is 25.4 Å². The fraction of sp³-hybridized carbons (Fsp3) is 0.556. The first-order chi connectivity index (χ1) is 12.0. The third kappa shape index (κ3) is 4.22. The zero-order valence-electron chi connectivity index (χ0n) is 14.7. The molecule has 2 aromatic heterocycles. The molecule has 3 rings (SSSR count). The zero-order valence-corrected chi connectivity index (χ0v) is 14.7. The van der Waals surface area contributed by atoms with E-state index in [0.29, 0.717) is 11.7 Å². The number of carbonyl (C=O) groups is 1. The second-order valence-electron chi connectivity index (χ2n) is 7.05. The summed E-state index contributed by atoms with van der Waals surface area (Å²) in [6, 6.07) is 3.49. The average Bonchev–Trinajstić information content (AvgIpc) is 3.09. The van der Waals surface area contributed by atoms with E-state index in [0.717, 1.165) is 31.2 Å². The normalized spacial score (nSPS) is 21.9. The molecule has 0 spiro atoms. The summed E-state index contributed by atoms with van der Waals surface area (Å²) in [5.74, 6) is 1.01. The molecule has 1 amide bonds. The van der Waals surface area contributed by atoms with Gasteiger partial charge in [0.1, 0.15) is 6.04 Å². The summed E-state index contributed by atoms with van der Waals surface area (Å²) in [6.07, 6.45) is 6.99. The molecule has 1 aliphatic carbocycles. The molecule has 3 atom stereocenters. The third-order valence-electron chi connectivity index (χ3n) is 4.68. The second kappa shape index (κ2) is 7.74. The van der Waals surface area contributed by atoms with E-state index < -0.39 is 0 Å². The van der Waals surface area contributed by atoms with Gasteiger partial charge in [-0.2, -0.15) is 4.98 Å². The lowest BCUT2D eigenvalue weighted by molar-refractivity contribution is -0.127. The molecule has 1 saturated carbocycles. The maximum absolute atomic E-state index is 12.6. The Morgan fingerprint density at radius 3 is 2.92 bits per heavy atom.